The summed E-state index contributed by atoms with van der Waals surface area (Å²) in [7, 11) is 0. The van der Waals surface area contributed by atoms with Crippen LogP contribution in [0.4, 0.5) is 0 Å². The summed E-state index contributed by atoms with van der Waals surface area (Å²) in [4.78, 5) is 4.72. The third-order valence-corrected chi connectivity index (χ3v) is 5.79. The molecule has 0 aromatic heterocycles. The first-order valence-corrected chi connectivity index (χ1v) is 10.7. The maximum atomic E-state index is 10.4. The first kappa shape index (κ1) is 20.4. The molecule has 0 bridgehead atoms. The SMILES string of the molecule is O[C@@H](COCc1ccc2c(c1)OCO2)CN1CCN(Cc2ccc3c(c2)OCO3)CC1. The lowest BCUT2D eigenvalue weighted by atomic mass is 10.1. The summed E-state index contributed by atoms with van der Waals surface area (Å²) in [6.07, 6.45) is -0.505. The van der Waals surface area contributed by atoms with Gasteiger partial charge >= 0.3 is 0 Å². The van der Waals surface area contributed by atoms with Gasteiger partial charge in [-0.3, -0.25) is 9.80 Å². The molecule has 0 radical (unpaired) electrons. The number of aliphatic hydroxyl groups excluding tert-OH is 1. The molecule has 3 heterocycles. The molecule has 1 fully saturated rings. The standard InChI is InChI=1S/C23H28N2O6/c26-19(14-27-13-18-2-4-21-23(10-18)31-16-29-21)12-25-7-5-24(6-8-25)11-17-1-3-20-22(9-17)30-15-28-20/h1-4,9-10,19,26H,5-8,11-16H2/t19-/m1/s1. The van der Waals surface area contributed by atoms with Crippen molar-refractivity contribution in [3.05, 3.63) is 47.5 Å². The molecule has 8 nitrogen and oxygen atoms in total. The van der Waals surface area contributed by atoms with Gasteiger partial charge in [-0.2, -0.15) is 0 Å². The first-order chi connectivity index (χ1) is 15.2. The predicted molar refractivity (Wildman–Crippen MR) is 113 cm³/mol. The summed E-state index contributed by atoms with van der Waals surface area (Å²) in [6, 6.07) is 11.9. The highest BCUT2D eigenvalue weighted by atomic mass is 16.7. The molecule has 0 saturated carbocycles. The molecule has 8 heteroatoms. The van der Waals surface area contributed by atoms with Gasteiger partial charge in [0.1, 0.15) is 0 Å². The van der Waals surface area contributed by atoms with Gasteiger partial charge in [-0.15, -0.1) is 0 Å². The van der Waals surface area contributed by atoms with E-state index in [9.17, 15) is 5.11 Å². The maximum absolute atomic E-state index is 10.4. The van der Waals surface area contributed by atoms with Crippen molar-refractivity contribution in [2.45, 2.75) is 19.3 Å². The molecule has 2 aromatic carbocycles. The molecule has 5 rings (SSSR count). The Morgan fingerprint density at radius 3 is 2.06 bits per heavy atom. The second kappa shape index (κ2) is 9.32. The largest absolute Gasteiger partial charge is 0.454 e. The van der Waals surface area contributed by atoms with E-state index in [1.54, 1.807) is 0 Å². The Kier molecular flexibility index (Phi) is 6.13. The van der Waals surface area contributed by atoms with Crippen molar-refractivity contribution in [1.29, 1.82) is 0 Å². The lowest BCUT2D eigenvalue weighted by molar-refractivity contribution is 0.000851. The van der Waals surface area contributed by atoms with Crippen LogP contribution in [-0.4, -0.2) is 73.9 Å². The number of benzene rings is 2. The van der Waals surface area contributed by atoms with Crippen molar-refractivity contribution in [1.82, 2.24) is 9.80 Å². The van der Waals surface area contributed by atoms with Crippen LogP contribution in [0.25, 0.3) is 0 Å². The van der Waals surface area contributed by atoms with Gasteiger partial charge in [-0.1, -0.05) is 12.1 Å². The zero-order chi connectivity index (χ0) is 21.0. The fraction of sp³-hybridized carbons (Fsp3) is 0.478. The van der Waals surface area contributed by atoms with Gasteiger partial charge in [-0.05, 0) is 35.4 Å². The molecule has 0 amide bonds. The summed E-state index contributed by atoms with van der Waals surface area (Å²) in [5.41, 5.74) is 2.24. The van der Waals surface area contributed by atoms with Gasteiger partial charge in [0.05, 0.1) is 19.3 Å². The van der Waals surface area contributed by atoms with E-state index in [-0.39, 0.29) is 6.79 Å². The molecular weight excluding hydrogens is 400 g/mol. The van der Waals surface area contributed by atoms with E-state index < -0.39 is 6.10 Å². The van der Waals surface area contributed by atoms with Gasteiger partial charge in [0.15, 0.2) is 23.0 Å². The summed E-state index contributed by atoms with van der Waals surface area (Å²) in [6.45, 7) is 6.65. The van der Waals surface area contributed by atoms with E-state index in [2.05, 4.69) is 21.9 Å². The summed E-state index contributed by atoms with van der Waals surface area (Å²) in [5, 5.41) is 10.4. The monoisotopic (exact) mass is 428 g/mol. The minimum Gasteiger partial charge on any atom is -0.454 e. The fourth-order valence-electron chi connectivity index (χ4n) is 4.12. The molecule has 0 unspecified atom stereocenters. The molecule has 1 atom stereocenters. The minimum absolute atomic E-state index is 0.266. The van der Waals surface area contributed by atoms with Gasteiger partial charge in [0, 0.05) is 39.3 Å². The van der Waals surface area contributed by atoms with E-state index >= 15 is 0 Å². The molecule has 2 aromatic rings. The Labute approximate surface area is 181 Å². The quantitative estimate of drug-likeness (QED) is 0.683. The van der Waals surface area contributed by atoms with E-state index in [1.165, 1.54) is 5.56 Å². The van der Waals surface area contributed by atoms with Crippen LogP contribution in [0.5, 0.6) is 23.0 Å². The number of aliphatic hydroxyl groups is 1. The van der Waals surface area contributed by atoms with Crippen LogP contribution in [0.2, 0.25) is 0 Å². The Morgan fingerprint density at radius 2 is 1.35 bits per heavy atom. The number of nitrogens with zero attached hydrogens (tertiary/aromatic N) is 2. The molecule has 0 spiro atoms. The highest BCUT2D eigenvalue weighted by molar-refractivity contribution is 5.45. The predicted octanol–water partition coefficient (Wildman–Crippen LogP) is 1.84. The third kappa shape index (κ3) is 5.04. The second-order valence-corrected chi connectivity index (χ2v) is 8.12. The van der Waals surface area contributed by atoms with Crippen LogP contribution in [0, 0.1) is 0 Å². The Hall–Kier alpha value is -2.52. The number of fused-ring (bicyclic) bond motifs is 2. The zero-order valence-corrected chi connectivity index (χ0v) is 17.5. The molecule has 0 aliphatic carbocycles. The second-order valence-electron chi connectivity index (χ2n) is 8.12. The van der Waals surface area contributed by atoms with Crippen LogP contribution in [0.1, 0.15) is 11.1 Å². The van der Waals surface area contributed by atoms with E-state index in [4.69, 9.17) is 23.7 Å². The lowest BCUT2D eigenvalue weighted by Gasteiger charge is -2.35. The van der Waals surface area contributed by atoms with Gasteiger partial charge < -0.3 is 28.8 Å². The van der Waals surface area contributed by atoms with Crippen molar-refractivity contribution >= 4 is 0 Å². The summed E-state index contributed by atoms with van der Waals surface area (Å²) in [5.74, 6) is 3.17. The van der Waals surface area contributed by atoms with Gasteiger partial charge in [0.25, 0.3) is 0 Å². The molecule has 31 heavy (non-hydrogen) atoms. The molecule has 3 aliphatic rings. The lowest BCUT2D eigenvalue weighted by Crippen LogP contribution is -2.48. The summed E-state index contributed by atoms with van der Waals surface area (Å²) >= 11 is 0. The molecule has 166 valence electrons. The van der Waals surface area contributed by atoms with E-state index in [0.717, 1.165) is 61.3 Å². The number of hydrogen-bond donors (Lipinski definition) is 1. The minimum atomic E-state index is -0.505. The van der Waals surface area contributed by atoms with Crippen molar-refractivity contribution in [2.75, 3.05) is 52.9 Å². The zero-order valence-electron chi connectivity index (χ0n) is 17.5. The highest BCUT2D eigenvalue weighted by Crippen LogP contribution is 2.33. The number of piperazine rings is 1. The van der Waals surface area contributed by atoms with Crippen LogP contribution >= 0.6 is 0 Å². The number of rotatable bonds is 8. The van der Waals surface area contributed by atoms with Crippen LogP contribution in [0.15, 0.2) is 36.4 Å². The number of ether oxygens (including phenoxy) is 5. The number of hydrogen-bond acceptors (Lipinski definition) is 8. The summed E-state index contributed by atoms with van der Waals surface area (Å²) < 4.78 is 27.3. The number of β-amino-alcohol motifs (C(OH)–C–C–N with tert-alkyl or cyclic N) is 1. The first-order valence-electron chi connectivity index (χ1n) is 10.7. The van der Waals surface area contributed by atoms with Crippen LogP contribution in [0.3, 0.4) is 0 Å². The Bertz CT molecular complexity index is 900. The molecule has 1 saturated heterocycles. The average molecular weight is 428 g/mol. The maximum Gasteiger partial charge on any atom is 0.231 e. The van der Waals surface area contributed by atoms with Crippen molar-refractivity contribution in [3.8, 4) is 23.0 Å². The van der Waals surface area contributed by atoms with E-state index in [1.807, 2.05) is 24.3 Å². The molecular formula is C23H28N2O6. The van der Waals surface area contributed by atoms with Crippen LogP contribution < -0.4 is 18.9 Å². The Balaban J connectivity index is 1.01. The van der Waals surface area contributed by atoms with E-state index in [0.29, 0.717) is 26.6 Å². The van der Waals surface area contributed by atoms with Gasteiger partial charge in [0.2, 0.25) is 13.6 Å². The van der Waals surface area contributed by atoms with Crippen molar-refractivity contribution in [3.63, 3.8) is 0 Å². The third-order valence-electron chi connectivity index (χ3n) is 5.79. The van der Waals surface area contributed by atoms with Crippen molar-refractivity contribution in [2.24, 2.45) is 0 Å². The molecule has 1 N–H and O–H groups in total. The topological polar surface area (TPSA) is 72.9 Å². The van der Waals surface area contributed by atoms with Crippen LogP contribution in [-0.2, 0) is 17.9 Å². The fourth-order valence-corrected chi connectivity index (χ4v) is 4.12. The molecule has 3 aliphatic heterocycles. The highest BCUT2D eigenvalue weighted by Gasteiger charge is 2.21. The van der Waals surface area contributed by atoms with Crippen molar-refractivity contribution < 1.29 is 28.8 Å². The average Bonchev–Trinajstić information content (AvgIpc) is 3.43. The normalized spacial score (nSPS) is 19.0. The Morgan fingerprint density at radius 1 is 0.774 bits per heavy atom. The van der Waals surface area contributed by atoms with Gasteiger partial charge in [-0.25, -0.2) is 0 Å². The smallest absolute Gasteiger partial charge is 0.231 e.